The Labute approximate surface area is 90.2 Å². The number of hydrogen-bond acceptors (Lipinski definition) is 5. The van der Waals surface area contributed by atoms with Crippen molar-refractivity contribution in [2.45, 2.75) is 6.92 Å². The summed E-state index contributed by atoms with van der Waals surface area (Å²) in [5, 5.41) is -0.124. The minimum atomic E-state index is -0.670. The van der Waals surface area contributed by atoms with Gasteiger partial charge in [-0.15, -0.1) is 0 Å². The normalized spacial score (nSPS) is 9.93. The molecule has 0 atom stereocenters. The van der Waals surface area contributed by atoms with E-state index in [1.54, 1.807) is 6.92 Å². The lowest BCUT2D eigenvalue weighted by molar-refractivity contribution is 0.0520. The highest BCUT2D eigenvalue weighted by molar-refractivity contribution is 6.40. The van der Waals surface area contributed by atoms with Crippen molar-refractivity contribution in [1.29, 1.82) is 0 Å². The van der Waals surface area contributed by atoms with E-state index in [0.717, 1.165) is 0 Å². The molecule has 5 nitrogen and oxygen atoms in total. The maximum atomic E-state index is 11.2. The van der Waals surface area contributed by atoms with Crippen LogP contribution in [0.25, 0.3) is 0 Å². The molecule has 0 saturated heterocycles. The van der Waals surface area contributed by atoms with Crippen molar-refractivity contribution in [2.75, 3.05) is 12.3 Å². The highest BCUT2D eigenvalue weighted by Crippen LogP contribution is 2.20. The first kappa shape index (κ1) is 11.0. The van der Waals surface area contributed by atoms with E-state index < -0.39 is 5.97 Å². The molecule has 0 saturated carbocycles. The van der Waals surface area contributed by atoms with Gasteiger partial charge in [0.05, 0.1) is 6.61 Å². The summed E-state index contributed by atoms with van der Waals surface area (Å²) in [7, 11) is 0. The van der Waals surface area contributed by atoms with Crippen LogP contribution in [0, 0.1) is 0 Å². The van der Waals surface area contributed by atoms with Gasteiger partial charge >= 0.3 is 5.97 Å². The number of carbonyl (C=O) groups is 1. The first-order chi connectivity index (χ1) is 6.56. The molecule has 1 aromatic heterocycles. The lowest BCUT2D eigenvalue weighted by Gasteiger charge is -2.04. The van der Waals surface area contributed by atoms with Crippen LogP contribution >= 0.6 is 23.2 Å². The van der Waals surface area contributed by atoms with E-state index in [9.17, 15) is 4.79 Å². The first-order valence-electron chi connectivity index (χ1n) is 3.72. The molecule has 0 aromatic carbocycles. The number of rotatable bonds is 2. The fourth-order valence-corrected chi connectivity index (χ4v) is 1.02. The number of aromatic nitrogens is 2. The summed E-state index contributed by atoms with van der Waals surface area (Å²) >= 11 is 11.1. The molecule has 7 heteroatoms. The Hall–Kier alpha value is -1.07. The Bertz CT molecular complexity index is 370. The van der Waals surface area contributed by atoms with E-state index in [4.69, 9.17) is 28.9 Å². The molecule has 14 heavy (non-hydrogen) atoms. The summed E-state index contributed by atoms with van der Waals surface area (Å²) in [5.74, 6) is -0.770. The molecule has 1 aromatic rings. The van der Waals surface area contributed by atoms with Gasteiger partial charge in [-0.05, 0) is 6.92 Å². The summed E-state index contributed by atoms with van der Waals surface area (Å²) < 4.78 is 4.68. The third-order valence-corrected chi connectivity index (χ3v) is 1.93. The second-order valence-electron chi connectivity index (χ2n) is 2.26. The van der Waals surface area contributed by atoms with Crippen molar-refractivity contribution in [3.8, 4) is 0 Å². The molecule has 0 unspecified atom stereocenters. The molecule has 1 rings (SSSR count). The van der Waals surface area contributed by atoms with Gasteiger partial charge < -0.3 is 10.5 Å². The van der Waals surface area contributed by atoms with E-state index >= 15 is 0 Å². The van der Waals surface area contributed by atoms with Crippen LogP contribution < -0.4 is 5.73 Å². The Balaban J connectivity index is 3.09. The SMILES string of the molecule is CCOC(=O)c1nc(Cl)c(Cl)nc1N. The van der Waals surface area contributed by atoms with Crippen LogP contribution in [0.4, 0.5) is 5.82 Å². The predicted molar refractivity (Wildman–Crippen MR) is 52.4 cm³/mol. The van der Waals surface area contributed by atoms with Gasteiger partial charge in [-0.2, -0.15) is 0 Å². The summed E-state index contributed by atoms with van der Waals surface area (Å²) in [6, 6.07) is 0. The minimum Gasteiger partial charge on any atom is -0.461 e. The van der Waals surface area contributed by atoms with E-state index in [1.807, 2.05) is 0 Å². The third-order valence-electron chi connectivity index (χ3n) is 1.31. The highest BCUT2D eigenvalue weighted by atomic mass is 35.5. The molecule has 2 N–H and O–H groups in total. The van der Waals surface area contributed by atoms with Crippen molar-refractivity contribution < 1.29 is 9.53 Å². The predicted octanol–water partition coefficient (Wildman–Crippen LogP) is 1.54. The van der Waals surface area contributed by atoms with E-state index in [2.05, 4.69) is 14.7 Å². The molecule has 0 fully saturated rings. The van der Waals surface area contributed by atoms with Crippen molar-refractivity contribution in [1.82, 2.24) is 9.97 Å². The second kappa shape index (κ2) is 4.43. The summed E-state index contributed by atoms with van der Waals surface area (Å²) in [6.07, 6.45) is 0. The molecule has 0 aliphatic heterocycles. The zero-order valence-electron chi connectivity index (χ0n) is 7.25. The number of nitrogens with two attached hydrogens (primary N) is 1. The van der Waals surface area contributed by atoms with Gasteiger partial charge in [0.2, 0.25) is 0 Å². The van der Waals surface area contributed by atoms with Crippen LogP contribution in [0.3, 0.4) is 0 Å². The number of ether oxygens (including phenoxy) is 1. The number of nitrogens with zero attached hydrogens (tertiary/aromatic N) is 2. The van der Waals surface area contributed by atoms with Gasteiger partial charge in [-0.25, -0.2) is 14.8 Å². The summed E-state index contributed by atoms with van der Waals surface area (Å²) in [6.45, 7) is 1.89. The fraction of sp³-hybridized carbons (Fsp3) is 0.286. The van der Waals surface area contributed by atoms with Crippen molar-refractivity contribution in [3.63, 3.8) is 0 Å². The minimum absolute atomic E-state index is 0.0442. The van der Waals surface area contributed by atoms with Crippen LogP contribution in [-0.4, -0.2) is 22.5 Å². The smallest absolute Gasteiger partial charge is 0.360 e. The number of esters is 1. The van der Waals surface area contributed by atoms with E-state index in [0.29, 0.717) is 0 Å². The van der Waals surface area contributed by atoms with Gasteiger partial charge in [0.25, 0.3) is 0 Å². The van der Waals surface area contributed by atoms with Gasteiger partial charge in [0, 0.05) is 0 Å². The van der Waals surface area contributed by atoms with Crippen LogP contribution in [0.2, 0.25) is 10.3 Å². The van der Waals surface area contributed by atoms with E-state index in [-0.39, 0.29) is 28.4 Å². The van der Waals surface area contributed by atoms with Gasteiger partial charge in [-0.3, -0.25) is 0 Å². The molecule has 0 bridgehead atoms. The molecule has 0 aliphatic rings. The monoisotopic (exact) mass is 235 g/mol. The van der Waals surface area contributed by atoms with Crippen LogP contribution in [-0.2, 0) is 4.74 Å². The second-order valence-corrected chi connectivity index (χ2v) is 2.98. The van der Waals surface area contributed by atoms with Crippen LogP contribution in [0.1, 0.15) is 17.4 Å². The molecular weight excluding hydrogens is 229 g/mol. The van der Waals surface area contributed by atoms with E-state index in [1.165, 1.54) is 0 Å². The third kappa shape index (κ3) is 2.24. The van der Waals surface area contributed by atoms with Gasteiger partial charge in [0.1, 0.15) is 0 Å². The Morgan fingerprint density at radius 2 is 2.00 bits per heavy atom. The van der Waals surface area contributed by atoms with Crippen molar-refractivity contribution >= 4 is 35.0 Å². The summed E-state index contributed by atoms with van der Waals surface area (Å²) in [5.41, 5.74) is 5.28. The van der Waals surface area contributed by atoms with Crippen LogP contribution in [0.15, 0.2) is 0 Å². The lowest BCUT2D eigenvalue weighted by atomic mass is 10.4. The average molecular weight is 236 g/mol. The van der Waals surface area contributed by atoms with Gasteiger partial charge in [0.15, 0.2) is 21.8 Å². The zero-order valence-corrected chi connectivity index (χ0v) is 8.76. The molecule has 0 aliphatic carbocycles. The highest BCUT2D eigenvalue weighted by Gasteiger charge is 2.16. The zero-order chi connectivity index (χ0) is 10.7. The molecule has 0 amide bonds. The topological polar surface area (TPSA) is 78.1 Å². The Kier molecular flexibility index (Phi) is 3.49. The lowest BCUT2D eigenvalue weighted by Crippen LogP contribution is -2.12. The molecule has 76 valence electrons. The number of carbonyl (C=O) groups excluding carboxylic acids is 1. The number of nitrogen functional groups attached to an aromatic ring is 1. The number of halogens is 2. The number of hydrogen-bond donors (Lipinski definition) is 1. The molecule has 0 spiro atoms. The molecular formula is C7H7Cl2N3O2. The maximum Gasteiger partial charge on any atom is 0.360 e. The fourth-order valence-electron chi connectivity index (χ4n) is 0.756. The number of anilines is 1. The standard InChI is InChI=1S/C7H7Cl2N3O2/c1-2-14-7(13)3-6(10)12-5(9)4(8)11-3/h2H2,1H3,(H2,10,12). The maximum absolute atomic E-state index is 11.2. The summed E-state index contributed by atoms with van der Waals surface area (Å²) in [4.78, 5) is 18.5. The van der Waals surface area contributed by atoms with Crippen LogP contribution in [0.5, 0.6) is 0 Å². The van der Waals surface area contributed by atoms with Gasteiger partial charge in [-0.1, -0.05) is 23.2 Å². The van der Waals surface area contributed by atoms with Crippen molar-refractivity contribution in [2.24, 2.45) is 0 Å². The average Bonchev–Trinajstić information content (AvgIpc) is 2.11. The first-order valence-corrected chi connectivity index (χ1v) is 4.47. The van der Waals surface area contributed by atoms with Crippen molar-refractivity contribution in [3.05, 3.63) is 16.0 Å². The molecule has 0 radical (unpaired) electrons. The Morgan fingerprint density at radius 1 is 1.43 bits per heavy atom. The largest absolute Gasteiger partial charge is 0.461 e. The Morgan fingerprint density at radius 3 is 2.57 bits per heavy atom. The quantitative estimate of drug-likeness (QED) is 0.788. The molecule has 1 heterocycles.